The number of hydrogen-bond acceptors (Lipinski definition) is 4. The molecule has 0 aromatic carbocycles. The Morgan fingerprint density at radius 3 is 2.61 bits per heavy atom. The van der Waals surface area contributed by atoms with Crippen LogP contribution in [-0.4, -0.2) is 27.9 Å². The normalized spacial score (nSPS) is 54.5. The fraction of sp³-hybridized carbons (Fsp3) is 0.895. The number of nitrogens with zero attached hydrogens (tertiary/aromatic N) is 1. The van der Waals surface area contributed by atoms with Crippen LogP contribution in [0.2, 0.25) is 0 Å². The zero-order chi connectivity index (χ0) is 16.4. The van der Waals surface area contributed by atoms with Crippen LogP contribution in [0, 0.1) is 34.5 Å². The van der Waals surface area contributed by atoms with Crippen molar-refractivity contribution in [3.8, 4) is 0 Å². The average Bonchev–Trinajstić information content (AvgIpc) is 2.83. The summed E-state index contributed by atoms with van der Waals surface area (Å²) in [5, 5.41) is 23.5. The van der Waals surface area contributed by atoms with E-state index in [0.29, 0.717) is 23.5 Å². The molecular formula is C19H29NO3. The van der Waals surface area contributed by atoms with Gasteiger partial charge in [-0.2, -0.15) is 0 Å². The number of carbonyl (C=O) groups excluding carboxylic acids is 1. The Morgan fingerprint density at radius 1 is 1.09 bits per heavy atom. The van der Waals surface area contributed by atoms with Gasteiger partial charge in [-0.05, 0) is 74.0 Å². The van der Waals surface area contributed by atoms with E-state index < -0.39 is 0 Å². The van der Waals surface area contributed by atoms with E-state index in [1.807, 2.05) is 0 Å². The molecule has 4 nitrogen and oxygen atoms in total. The van der Waals surface area contributed by atoms with E-state index in [-0.39, 0.29) is 22.9 Å². The Balaban J connectivity index is 1.67. The summed E-state index contributed by atoms with van der Waals surface area (Å²) in [6, 6.07) is 0. The van der Waals surface area contributed by atoms with Crippen molar-refractivity contribution < 1.29 is 15.1 Å². The minimum Gasteiger partial charge on any atom is -0.411 e. The summed E-state index contributed by atoms with van der Waals surface area (Å²) in [6.45, 7) is 4.53. The molecule has 0 saturated heterocycles. The van der Waals surface area contributed by atoms with Crippen LogP contribution in [0.25, 0.3) is 0 Å². The highest BCUT2D eigenvalue weighted by Gasteiger charge is 2.61. The number of hydrogen-bond donors (Lipinski definition) is 2. The number of Topliss-reactive ketones (excluding diaryl/α,β-unsaturated/α-hetero) is 1. The molecule has 7 atom stereocenters. The van der Waals surface area contributed by atoms with Crippen LogP contribution in [-0.2, 0) is 4.79 Å². The quantitative estimate of drug-likeness (QED) is 0.531. The van der Waals surface area contributed by atoms with Gasteiger partial charge < -0.3 is 10.3 Å². The maximum atomic E-state index is 12.4. The lowest BCUT2D eigenvalue weighted by Gasteiger charge is -2.60. The molecule has 0 aromatic heterocycles. The summed E-state index contributed by atoms with van der Waals surface area (Å²) in [4.78, 5) is 12.4. The Bertz CT molecular complexity index is 559. The van der Waals surface area contributed by atoms with Crippen molar-refractivity contribution in [1.29, 1.82) is 0 Å². The maximum Gasteiger partial charge on any atom is 0.139 e. The minimum absolute atomic E-state index is 0.128. The number of rotatable bonds is 0. The van der Waals surface area contributed by atoms with Gasteiger partial charge in [0.2, 0.25) is 0 Å². The molecule has 4 aliphatic carbocycles. The fourth-order valence-corrected chi connectivity index (χ4v) is 6.96. The van der Waals surface area contributed by atoms with Crippen molar-refractivity contribution in [2.45, 2.75) is 71.3 Å². The van der Waals surface area contributed by atoms with Crippen LogP contribution in [0.4, 0.5) is 0 Å². The van der Waals surface area contributed by atoms with E-state index in [9.17, 15) is 9.90 Å². The Kier molecular flexibility index (Phi) is 3.43. The van der Waals surface area contributed by atoms with Gasteiger partial charge in [-0.3, -0.25) is 4.79 Å². The smallest absolute Gasteiger partial charge is 0.139 e. The predicted octanol–water partition coefficient (Wildman–Crippen LogP) is 3.40. The molecule has 23 heavy (non-hydrogen) atoms. The maximum absolute atomic E-state index is 12.4. The average molecular weight is 319 g/mol. The van der Waals surface area contributed by atoms with Crippen LogP contribution < -0.4 is 0 Å². The molecule has 4 saturated carbocycles. The molecular weight excluding hydrogens is 290 g/mol. The largest absolute Gasteiger partial charge is 0.411 e. The lowest BCUT2D eigenvalue weighted by molar-refractivity contribution is -0.153. The first kappa shape index (κ1) is 15.6. The lowest BCUT2D eigenvalue weighted by atomic mass is 9.44. The summed E-state index contributed by atoms with van der Waals surface area (Å²) in [7, 11) is 0. The van der Waals surface area contributed by atoms with E-state index >= 15 is 0 Å². The second kappa shape index (κ2) is 5.05. The van der Waals surface area contributed by atoms with Crippen LogP contribution in [0.5, 0.6) is 0 Å². The second-order valence-corrected chi connectivity index (χ2v) is 9.08. The molecule has 4 heteroatoms. The van der Waals surface area contributed by atoms with Gasteiger partial charge >= 0.3 is 0 Å². The molecule has 4 rings (SSSR count). The predicted molar refractivity (Wildman–Crippen MR) is 87.3 cm³/mol. The molecule has 0 spiro atoms. The first-order chi connectivity index (χ1) is 10.9. The van der Waals surface area contributed by atoms with E-state index in [1.54, 1.807) is 0 Å². The highest BCUT2D eigenvalue weighted by molar-refractivity contribution is 5.87. The van der Waals surface area contributed by atoms with Crippen molar-refractivity contribution in [3.05, 3.63) is 0 Å². The molecule has 1 unspecified atom stereocenters. The van der Waals surface area contributed by atoms with Gasteiger partial charge in [0.25, 0.3) is 0 Å². The standard InChI is InChI=1S/C19H29NO3/c1-18-7-5-11(20-23)9-15(18)16(21)10-12-13-3-4-17(22)19(13,2)8-6-14(12)18/h12-16,21,23H,3-10H2,1-2H3/t12-,13-,14-,15?,16-,18+,19-/m0/s1. The monoisotopic (exact) mass is 319 g/mol. The molecule has 0 aromatic rings. The first-order valence-corrected chi connectivity index (χ1v) is 9.31. The van der Waals surface area contributed by atoms with Crippen LogP contribution in [0.15, 0.2) is 5.16 Å². The fourth-order valence-electron chi connectivity index (χ4n) is 6.96. The number of aliphatic hydroxyl groups excluding tert-OH is 1. The highest BCUT2D eigenvalue weighted by Crippen LogP contribution is 2.65. The lowest BCUT2D eigenvalue weighted by Crippen LogP contribution is -2.57. The van der Waals surface area contributed by atoms with E-state index in [0.717, 1.165) is 57.1 Å². The van der Waals surface area contributed by atoms with Crippen molar-refractivity contribution in [3.63, 3.8) is 0 Å². The molecule has 4 fully saturated rings. The van der Waals surface area contributed by atoms with Crippen LogP contribution in [0.3, 0.4) is 0 Å². The molecule has 0 amide bonds. The van der Waals surface area contributed by atoms with E-state index in [2.05, 4.69) is 19.0 Å². The molecule has 0 aliphatic heterocycles. The topological polar surface area (TPSA) is 69.9 Å². The first-order valence-electron chi connectivity index (χ1n) is 9.31. The molecule has 4 aliphatic rings. The SMILES string of the molecule is C[C@]12CCC(=NO)CC1[C@@H](O)C[C@@H]1[C@@H]2CC[C@]2(C)C(=O)CC[C@@H]12. The van der Waals surface area contributed by atoms with Gasteiger partial charge in [-0.15, -0.1) is 0 Å². The van der Waals surface area contributed by atoms with Gasteiger partial charge in [-0.25, -0.2) is 0 Å². The second-order valence-electron chi connectivity index (χ2n) is 9.08. The number of ketones is 1. The van der Waals surface area contributed by atoms with Crippen LogP contribution in [0.1, 0.15) is 65.2 Å². The Hall–Kier alpha value is -0.900. The number of oxime groups is 1. The third-order valence-corrected chi connectivity index (χ3v) is 8.37. The van der Waals surface area contributed by atoms with Gasteiger partial charge in [0.05, 0.1) is 11.8 Å². The third-order valence-electron chi connectivity index (χ3n) is 8.37. The van der Waals surface area contributed by atoms with E-state index in [1.165, 1.54) is 0 Å². The Morgan fingerprint density at radius 2 is 1.87 bits per heavy atom. The zero-order valence-corrected chi connectivity index (χ0v) is 14.3. The van der Waals surface area contributed by atoms with Crippen molar-refractivity contribution in [2.75, 3.05) is 0 Å². The van der Waals surface area contributed by atoms with Gasteiger partial charge in [0.1, 0.15) is 5.78 Å². The summed E-state index contributed by atoms with van der Waals surface area (Å²) >= 11 is 0. The summed E-state index contributed by atoms with van der Waals surface area (Å²) in [5.74, 6) is 2.24. The summed E-state index contributed by atoms with van der Waals surface area (Å²) in [5.41, 5.74) is 0.849. The van der Waals surface area contributed by atoms with Crippen molar-refractivity contribution in [2.24, 2.45) is 39.7 Å². The zero-order valence-electron chi connectivity index (χ0n) is 14.3. The van der Waals surface area contributed by atoms with Crippen molar-refractivity contribution >= 4 is 11.5 Å². The minimum atomic E-state index is -0.323. The summed E-state index contributed by atoms with van der Waals surface area (Å²) < 4.78 is 0. The molecule has 0 bridgehead atoms. The molecule has 0 radical (unpaired) electrons. The highest BCUT2D eigenvalue weighted by atomic mass is 16.4. The van der Waals surface area contributed by atoms with Gasteiger partial charge in [0.15, 0.2) is 0 Å². The van der Waals surface area contributed by atoms with E-state index in [4.69, 9.17) is 5.21 Å². The number of fused-ring (bicyclic) bond motifs is 5. The third kappa shape index (κ3) is 2.00. The molecule has 0 heterocycles. The molecule has 128 valence electrons. The Labute approximate surface area is 138 Å². The number of aliphatic hydroxyl groups is 1. The summed E-state index contributed by atoms with van der Waals surface area (Å²) in [6.07, 6.45) is 7.00. The van der Waals surface area contributed by atoms with Crippen LogP contribution >= 0.6 is 0 Å². The van der Waals surface area contributed by atoms with Gasteiger partial charge in [0, 0.05) is 11.8 Å². The number of carbonyl (C=O) groups is 1. The molecule has 2 N–H and O–H groups in total. The van der Waals surface area contributed by atoms with Gasteiger partial charge in [-0.1, -0.05) is 19.0 Å². The van der Waals surface area contributed by atoms with Crippen molar-refractivity contribution in [1.82, 2.24) is 0 Å².